The van der Waals surface area contributed by atoms with Crippen molar-refractivity contribution in [3.63, 3.8) is 0 Å². The van der Waals surface area contributed by atoms with Gasteiger partial charge in [0, 0.05) is 19.2 Å². The molecule has 1 aromatic rings. The predicted molar refractivity (Wildman–Crippen MR) is 89.6 cm³/mol. The van der Waals surface area contributed by atoms with Crippen molar-refractivity contribution in [1.29, 1.82) is 0 Å². The van der Waals surface area contributed by atoms with Gasteiger partial charge >= 0.3 is 5.69 Å². The van der Waals surface area contributed by atoms with Gasteiger partial charge in [-0.1, -0.05) is 32.6 Å². The van der Waals surface area contributed by atoms with Gasteiger partial charge in [0.1, 0.15) is 12.4 Å². The van der Waals surface area contributed by atoms with Crippen molar-refractivity contribution in [1.82, 2.24) is 9.55 Å². The Balaban J connectivity index is 1.90. The molecule has 0 saturated carbocycles. The Morgan fingerprint density at radius 1 is 1.33 bits per heavy atom. The Bertz CT molecular complexity index is 662. The number of aliphatic hydroxyl groups is 1. The molecule has 0 aliphatic carbocycles. The molecule has 0 fully saturated rings. The molecule has 24 heavy (non-hydrogen) atoms. The van der Waals surface area contributed by atoms with Crippen LogP contribution < -0.4 is 11.2 Å². The highest BCUT2D eigenvalue weighted by molar-refractivity contribution is 5.06. The lowest BCUT2D eigenvalue weighted by Gasteiger charge is -2.16. The first kappa shape index (κ1) is 18.5. The summed E-state index contributed by atoms with van der Waals surface area (Å²) in [6, 6.07) is 0. The molecule has 0 aromatic carbocycles. The number of rotatable bonds is 10. The minimum atomic E-state index is -0.538. The van der Waals surface area contributed by atoms with Crippen molar-refractivity contribution < 1.29 is 14.6 Å². The molecule has 0 amide bonds. The zero-order chi connectivity index (χ0) is 17.4. The minimum Gasteiger partial charge on any atom is -0.472 e. The molecule has 0 spiro atoms. The third kappa shape index (κ3) is 5.07. The van der Waals surface area contributed by atoms with E-state index in [2.05, 4.69) is 11.9 Å². The molecular weight excluding hydrogens is 312 g/mol. The third-order valence-corrected chi connectivity index (χ3v) is 3.99. The average molecular weight is 338 g/mol. The quantitative estimate of drug-likeness (QED) is 0.635. The molecule has 1 unspecified atom stereocenters. The fraction of sp³-hybridized carbons (Fsp3) is 0.647. The van der Waals surface area contributed by atoms with Gasteiger partial charge < -0.3 is 14.6 Å². The first-order valence-electron chi connectivity index (χ1n) is 8.54. The number of aliphatic hydroxyl groups excluding tert-OH is 1. The summed E-state index contributed by atoms with van der Waals surface area (Å²) in [4.78, 5) is 26.1. The van der Waals surface area contributed by atoms with E-state index in [1.807, 2.05) is 0 Å². The Kier molecular flexibility index (Phi) is 7.27. The lowest BCUT2D eigenvalue weighted by molar-refractivity contribution is 0.0578. The molecule has 7 nitrogen and oxygen atoms in total. The number of H-pyrrole nitrogens is 1. The number of ether oxygens (including phenoxy) is 2. The van der Waals surface area contributed by atoms with Crippen LogP contribution in [-0.2, 0) is 16.1 Å². The maximum Gasteiger partial charge on any atom is 0.331 e. The highest BCUT2D eigenvalue weighted by Gasteiger charge is 2.21. The summed E-state index contributed by atoms with van der Waals surface area (Å²) in [5, 5.41) is 9.06. The number of aromatic nitrogens is 2. The van der Waals surface area contributed by atoms with Gasteiger partial charge in [-0.2, -0.15) is 0 Å². The maximum absolute atomic E-state index is 12.0. The van der Waals surface area contributed by atoms with Crippen molar-refractivity contribution in [3.05, 3.63) is 44.4 Å². The normalized spacial score (nSPS) is 16.9. The van der Waals surface area contributed by atoms with Crippen molar-refractivity contribution in [3.8, 4) is 0 Å². The van der Waals surface area contributed by atoms with Crippen LogP contribution in [0.4, 0.5) is 0 Å². The van der Waals surface area contributed by atoms with Crippen molar-refractivity contribution in [2.75, 3.05) is 13.2 Å². The van der Waals surface area contributed by atoms with E-state index in [0.717, 1.165) is 12.8 Å². The Morgan fingerprint density at radius 2 is 2.12 bits per heavy atom. The van der Waals surface area contributed by atoms with Crippen LogP contribution in [0, 0.1) is 0 Å². The molecule has 2 N–H and O–H groups in total. The Morgan fingerprint density at radius 3 is 2.83 bits per heavy atom. The largest absolute Gasteiger partial charge is 0.472 e. The van der Waals surface area contributed by atoms with Crippen LogP contribution in [0.3, 0.4) is 0 Å². The Hall–Kier alpha value is -1.86. The Labute approximate surface area is 140 Å². The molecule has 7 heteroatoms. The first-order valence-corrected chi connectivity index (χ1v) is 8.54. The van der Waals surface area contributed by atoms with Gasteiger partial charge in [-0.25, -0.2) is 4.79 Å². The van der Waals surface area contributed by atoms with Crippen LogP contribution >= 0.6 is 0 Å². The standard InChI is InChI=1S/C17H26N2O5/c1-2-3-4-5-6-9-23-12-13-10-19(17(22)18-16(13)21)15-8-7-14(11-20)24-15/h7,10,15,20H,2-6,8-9,11-12H2,1H3,(H,18,21,22). The number of aromatic amines is 1. The average Bonchev–Trinajstić information content (AvgIpc) is 3.04. The molecule has 0 saturated heterocycles. The summed E-state index contributed by atoms with van der Waals surface area (Å²) in [6.07, 6.45) is 8.87. The van der Waals surface area contributed by atoms with Crippen molar-refractivity contribution in [2.24, 2.45) is 0 Å². The molecule has 1 aliphatic heterocycles. The zero-order valence-corrected chi connectivity index (χ0v) is 14.1. The fourth-order valence-corrected chi connectivity index (χ4v) is 2.61. The van der Waals surface area contributed by atoms with Crippen LogP contribution in [-0.4, -0.2) is 27.9 Å². The van der Waals surface area contributed by atoms with Crippen molar-refractivity contribution >= 4 is 0 Å². The fourth-order valence-electron chi connectivity index (χ4n) is 2.61. The van der Waals surface area contributed by atoms with Gasteiger partial charge in [-0.3, -0.25) is 14.3 Å². The van der Waals surface area contributed by atoms with E-state index in [1.54, 1.807) is 6.08 Å². The second-order valence-electron chi connectivity index (χ2n) is 5.92. The van der Waals surface area contributed by atoms with Gasteiger partial charge in [0.15, 0.2) is 6.23 Å². The van der Waals surface area contributed by atoms with Crippen molar-refractivity contribution in [2.45, 2.75) is 58.3 Å². The molecule has 1 aliphatic rings. The third-order valence-electron chi connectivity index (χ3n) is 3.99. The maximum atomic E-state index is 12.0. The molecule has 134 valence electrons. The summed E-state index contributed by atoms with van der Waals surface area (Å²) >= 11 is 0. The number of hydrogen-bond acceptors (Lipinski definition) is 5. The molecule has 2 heterocycles. The summed E-state index contributed by atoms with van der Waals surface area (Å²) in [6.45, 7) is 2.72. The lowest BCUT2D eigenvalue weighted by Crippen LogP contribution is -2.34. The van der Waals surface area contributed by atoms with Gasteiger partial charge in [-0.15, -0.1) is 0 Å². The number of unbranched alkanes of at least 4 members (excludes halogenated alkanes) is 4. The van der Waals surface area contributed by atoms with E-state index in [9.17, 15) is 9.59 Å². The zero-order valence-electron chi connectivity index (χ0n) is 14.1. The minimum absolute atomic E-state index is 0.163. The number of hydrogen-bond donors (Lipinski definition) is 2. The monoisotopic (exact) mass is 338 g/mol. The van der Waals surface area contributed by atoms with Gasteiger partial charge in [0.25, 0.3) is 5.56 Å². The molecule has 1 atom stereocenters. The van der Waals surface area contributed by atoms with Gasteiger partial charge in [0.2, 0.25) is 0 Å². The first-order chi connectivity index (χ1) is 11.7. The summed E-state index contributed by atoms with van der Waals surface area (Å²) < 4.78 is 12.3. The van der Waals surface area contributed by atoms with E-state index in [4.69, 9.17) is 14.6 Å². The summed E-state index contributed by atoms with van der Waals surface area (Å²) in [7, 11) is 0. The SMILES string of the molecule is CCCCCCCOCc1cn(C2CC=C(CO)O2)c(=O)[nH]c1=O. The molecule has 1 aromatic heterocycles. The van der Waals surface area contributed by atoms with Crippen LogP contribution in [0.25, 0.3) is 0 Å². The molecular formula is C17H26N2O5. The van der Waals surface area contributed by atoms with Crippen LogP contribution in [0.1, 0.15) is 57.2 Å². The second-order valence-corrected chi connectivity index (χ2v) is 5.92. The predicted octanol–water partition coefficient (Wildman–Crippen LogP) is 1.82. The van der Waals surface area contributed by atoms with Gasteiger partial charge in [0.05, 0.1) is 12.2 Å². The summed E-state index contributed by atoms with van der Waals surface area (Å²) in [5.74, 6) is 0.433. The molecule has 2 rings (SSSR count). The van der Waals surface area contributed by atoms with Crippen LogP contribution in [0.2, 0.25) is 0 Å². The lowest BCUT2D eigenvalue weighted by atomic mass is 10.2. The van der Waals surface area contributed by atoms with E-state index < -0.39 is 17.5 Å². The molecule has 0 bridgehead atoms. The smallest absolute Gasteiger partial charge is 0.331 e. The van der Waals surface area contributed by atoms with E-state index in [0.29, 0.717) is 24.4 Å². The van der Waals surface area contributed by atoms with Gasteiger partial charge in [-0.05, 0) is 12.5 Å². The van der Waals surface area contributed by atoms with Crippen LogP contribution in [0.5, 0.6) is 0 Å². The highest BCUT2D eigenvalue weighted by Crippen LogP contribution is 2.24. The topological polar surface area (TPSA) is 93.6 Å². The van der Waals surface area contributed by atoms with Crippen LogP contribution in [0.15, 0.2) is 27.6 Å². The summed E-state index contributed by atoms with van der Waals surface area (Å²) in [5.41, 5.74) is -0.569. The number of nitrogens with one attached hydrogen (secondary N) is 1. The van der Waals surface area contributed by atoms with E-state index in [-0.39, 0.29) is 13.2 Å². The second kappa shape index (κ2) is 9.44. The van der Waals surface area contributed by atoms with E-state index >= 15 is 0 Å². The highest BCUT2D eigenvalue weighted by atomic mass is 16.5. The number of nitrogens with zero attached hydrogens (tertiary/aromatic N) is 1. The molecule has 0 radical (unpaired) electrons. The van der Waals surface area contributed by atoms with E-state index in [1.165, 1.54) is 30.0 Å².